The Balaban J connectivity index is 1.32. The van der Waals surface area contributed by atoms with Crippen molar-refractivity contribution >= 4 is 22.3 Å². The number of fused-ring (bicyclic) bond motifs is 3. The van der Waals surface area contributed by atoms with Crippen LogP contribution >= 0.6 is 0 Å². The van der Waals surface area contributed by atoms with Crippen LogP contribution in [0, 0.1) is 5.41 Å². The van der Waals surface area contributed by atoms with Crippen molar-refractivity contribution < 1.29 is 19.3 Å². The summed E-state index contributed by atoms with van der Waals surface area (Å²) in [7, 11) is 3.31. The molecule has 3 aliphatic rings. The molecule has 6 rings (SSSR count). The van der Waals surface area contributed by atoms with Crippen LogP contribution in [0.4, 0.5) is 11.5 Å². The number of methoxy groups -OCH3 is 2. The zero-order valence-corrected chi connectivity index (χ0v) is 19.2. The van der Waals surface area contributed by atoms with Crippen LogP contribution < -0.4 is 20.1 Å². The van der Waals surface area contributed by atoms with Gasteiger partial charge in [0.15, 0.2) is 0 Å². The Morgan fingerprint density at radius 3 is 2.73 bits per heavy atom. The van der Waals surface area contributed by atoms with Crippen molar-refractivity contribution in [1.82, 2.24) is 4.98 Å². The summed E-state index contributed by atoms with van der Waals surface area (Å²) >= 11 is 0. The fraction of sp³-hybridized carbons (Fsp3) is 0.423. The average Bonchev–Trinajstić information content (AvgIpc) is 2.85. The van der Waals surface area contributed by atoms with Crippen LogP contribution in [-0.2, 0) is 11.3 Å². The Bertz CT molecular complexity index is 1140. The molecular formula is C26H31N3O4. The van der Waals surface area contributed by atoms with Gasteiger partial charge in [0.05, 0.1) is 19.8 Å². The van der Waals surface area contributed by atoms with Crippen LogP contribution in [0.3, 0.4) is 0 Å². The molecule has 1 saturated carbocycles. The molecule has 0 spiro atoms. The van der Waals surface area contributed by atoms with Crippen molar-refractivity contribution in [3.63, 3.8) is 0 Å². The Morgan fingerprint density at radius 1 is 1.06 bits per heavy atom. The molecule has 7 heteroatoms. The maximum absolute atomic E-state index is 9.75. The number of benzene rings is 2. The summed E-state index contributed by atoms with van der Waals surface area (Å²) in [5, 5.41) is 19.0. The van der Waals surface area contributed by atoms with E-state index >= 15 is 0 Å². The molecule has 2 aromatic carbocycles. The highest BCUT2D eigenvalue weighted by atomic mass is 16.5. The Kier molecular flexibility index (Phi) is 5.76. The van der Waals surface area contributed by atoms with Crippen molar-refractivity contribution in [2.75, 3.05) is 44.6 Å². The van der Waals surface area contributed by atoms with Gasteiger partial charge in [-0.25, -0.2) is 4.98 Å². The van der Waals surface area contributed by atoms with Gasteiger partial charge in [0.25, 0.3) is 0 Å². The third-order valence-electron chi connectivity index (χ3n) is 7.12. The first-order chi connectivity index (χ1) is 16.1. The molecule has 2 bridgehead atoms. The molecule has 3 N–H and O–H groups in total. The monoisotopic (exact) mass is 449 g/mol. The van der Waals surface area contributed by atoms with Gasteiger partial charge in [-0.15, -0.1) is 0 Å². The first-order valence-electron chi connectivity index (χ1n) is 11.4. The highest BCUT2D eigenvalue weighted by Crippen LogP contribution is 2.56. The molecule has 0 atom stereocenters. The van der Waals surface area contributed by atoms with E-state index in [9.17, 15) is 5.11 Å². The van der Waals surface area contributed by atoms with E-state index in [2.05, 4.69) is 27.8 Å². The van der Waals surface area contributed by atoms with E-state index in [-0.39, 0.29) is 17.6 Å². The summed E-state index contributed by atoms with van der Waals surface area (Å²) in [6.07, 6.45) is 4.63. The minimum absolute atomic E-state index is 0.0716. The third kappa shape index (κ3) is 4.07. The molecule has 0 amide bonds. The topological polar surface area (TPSA) is 84.9 Å². The average molecular weight is 450 g/mol. The Morgan fingerprint density at radius 2 is 1.94 bits per heavy atom. The second kappa shape index (κ2) is 8.72. The van der Waals surface area contributed by atoms with Gasteiger partial charge in [-0.1, -0.05) is 12.1 Å². The predicted molar refractivity (Wildman–Crippen MR) is 129 cm³/mol. The van der Waals surface area contributed by atoms with E-state index in [1.54, 1.807) is 14.2 Å². The lowest BCUT2D eigenvalue weighted by Crippen LogP contribution is -2.62. The van der Waals surface area contributed by atoms with Crippen molar-refractivity contribution in [1.29, 1.82) is 0 Å². The summed E-state index contributed by atoms with van der Waals surface area (Å²) in [4.78, 5) is 4.59. The normalized spacial score (nSPS) is 23.6. The van der Waals surface area contributed by atoms with Crippen LogP contribution in [0.2, 0.25) is 0 Å². The maximum Gasteiger partial charge on any atom is 0.134 e. The Labute approximate surface area is 194 Å². The number of aromatic nitrogens is 1. The van der Waals surface area contributed by atoms with E-state index in [1.807, 2.05) is 36.5 Å². The van der Waals surface area contributed by atoms with Crippen LogP contribution in [0.5, 0.6) is 11.5 Å². The first kappa shape index (κ1) is 21.8. The van der Waals surface area contributed by atoms with Gasteiger partial charge in [-0.3, -0.25) is 0 Å². The molecule has 0 unspecified atom stereocenters. The molecule has 1 aliphatic carbocycles. The number of nitrogens with one attached hydrogen (secondary N) is 2. The smallest absolute Gasteiger partial charge is 0.134 e. The second-order valence-electron chi connectivity index (χ2n) is 9.24. The van der Waals surface area contributed by atoms with Gasteiger partial charge < -0.3 is 30.0 Å². The van der Waals surface area contributed by atoms with E-state index in [0.717, 1.165) is 71.8 Å². The van der Waals surface area contributed by atoms with Crippen molar-refractivity contribution in [3.05, 3.63) is 54.2 Å². The summed E-state index contributed by atoms with van der Waals surface area (Å²) in [5.74, 6) is 2.36. The molecule has 7 nitrogen and oxygen atoms in total. The Hall–Kier alpha value is -3.03. The van der Waals surface area contributed by atoms with Gasteiger partial charge >= 0.3 is 0 Å². The lowest BCUT2D eigenvalue weighted by atomic mass is 9.56. The van der Waals surface area contributed by atoms with E-state index < -0.39 is 0 Å². The predicted octanol–water partition coefficient (Wildman–Crippen LogP) is 4.21. The van der Waals surface area contributed by atoms with Crippen LogP contribution in [-0.4, -0.2) is 49.7 Å². The minimum Gasteiger partial charge on any atom is -0.497 e. The summed E-state index contributed by atoms with van der Waals surface area (Å²) < 4.78 is 16.9. The quantitative estimate of drug-likeness (QED) is 0.451. The van der Waals surface area contributed by atoms with E-state index in [0.29, 0.717) is 6.54 Å². The summed E-state index contributed by atoms with van der Waals surface area (Å²) in [6.45, 7) is 2.30. The number of rotatable bonds is 9. The van der Waals surface area contributed by atoms with Gasteiger partial charge in [-0.05, 0) is 43.5 Å². The first-order valence-corrected chi connectivity index (χ1v) is 11.4. The number of hydrogen-bond donors (Lipinski definition) is 3. The summed E-state index contributed by atoms with van der Waals surface area (Å²) in [6, 6.07) is 14.1. The zero-order chi connectivity index (χ0) is 22.9. The lowest BCUT2D eigenvalue weighted by molar-refractivity contribution is -0.228. The van der Waals surface area contributed by atoms with Gasteiger partial charge in [-0.2, -0.15) is 0 Å². The molecular weight excluding hydrogens is 418 g/mol. The van der Waals surface area contributed by atoms with Gasteiger partial charge in [0.2, 0.25) is 0 Å². The number of aliphatic hydroxyl groups excluding tert-OH is 1. The van der Waals surface area contributed by atoms with Crippen LogP contribution in [0.15, 0.2) is 48.7 Å². The molecule has 174 valence electrons. The summed E-state index contributed by atoms with van der Waals surface area (Å²) in [5.41, 5.74) is 1.99. The number of pyridine rings is 1. The largest absolute Gasteiger partial charge is 0.497 e. The fourth-order valence-corrected chi connectivity index (χ4v) is 5.38. The highest BCUT2D eigenvalue weighted by Gasteiger charge is 2.58. The molecule has 0 radical (unpaired) electrons. The molecule has 2 saturated heterocycles. The van der Waals surface area contributed by atoms with E-state index in [4.69, 9.17) is 14.2 Å². The van der Waals surface area contributed by atoms with Gasteiger partial charge in [0.1, 0.15) is 17.3 Å². The lowest BCUT2D eigenvalue weighted by Gasteiger charge is -2.59. The minimum atomic E-state index is -0.165. The number of aliphatic hydroxyl groups is 1. The van der Waals surface area contributed by atoms with Crippen molar-refractivity contribution in [2.24, 2.45) is 5.41 Å². The number of anilines is 2. The van der Waals surface area contributed by atoms with Crippen molar-refractivity contribution in [3.8, 4) is 11.5 Å². The molecule has 2 aliphatic heterocycles. The van der Waals surface area contributed by atoms with Gasteiger partial charge in [0, 0.05) is 66.0 Å². The number of nitrogens with zero attached hydrogens (tertiary/aromatic N) is 1. The number of hydrogen-bond acceptors (Lipinski definition) is 7. The standard InChI is InChI=1S/C26H31N3O4/c1-31-19-7-6-18(23(12-19)32-2)13-28-24-21-4-3-5-22(20(21)8-10-27-24)29-16-26-14-25(15-26,17-30)9-11-33-26/h3-8,10,12,29-30H,9,11,13-17H2,1-2H3,(H,27,28). The maximum atomic E-state index is 9.75. The third-order valence-corrected chi connectivity index (χ3v) is 7.12. The van der Waals surface area contributed by atoms with Crippen LogP contribution in [0.1, 0.15) is 24.8 Å². The molecule has 3 fully saturated rings. The molecule has 3 aromatic rings. The number of ether oxygens (including phenoxy) is 3. The second-order valence-corrected chi connectivity index (χ2v) is 9.24. The fourth-order valence-electron chi connectivity index (χ4n) is 5.38. The van der Waals surface area contributed by atoms with Crippen LogP contribution in [0.25, 0.3) is 10.8 Å². The SMILES string of the molecule is COc1ccc(CNc2nccc3c(NCC45CC(CO)(CCO4)C5)cccc23)c(OC)c1. The molecule has 1 aromatic heterocycles. The molecule has 33 heavy (non-hydrogen) atoms. The van der Waals surface area contributed by atoms with E-state index in [1.165, 1.54) is 0 Å². The molecule has 3 heterocycles. The highest BCUT2D eigenvalue weighted by molar-refractivity contribution is 5.99. The van der Waals surface area contributed by atoms with Crippen molar-refractivity contribution in [2.45, 2.75) is 31.4 Å². The zero-order valence-electron chi connectivity index (χ0n) is 19.2.